The van der Waals surface area contributed by atoms with Crippen LogP contribution in [0.3, 0.4) is 0 Å². The van der Waals surface area contributed by atoms with Gasteiger partial charge in [-0.05, 0) is 37.6 Å². The van der Waals surface area contributed by atoms with Gasteiger partial charge >= 0.3 is 0 Å². The van der Waals surface area contributed by atoms with Gasteiger partial charge in [-0.1, -0.05) is 13.0 Å². The SMILES string of the molecule is C=CCN(C)c1cc(C(C)NCCC)ccn1. The average molecular weight is 233 g/mol. The van der Waals surface area contributed by atoms with Crippen LogP contribution in [0.4, 0.5) is 5.82 Å². The number of pyridine rings is 1. The molecule has 1 unspecified atom stereocenters. The van der Waals surface area contributed by atoms with E-state index < -0.39 is 0 Å². The first-order valence-corrected chi connectivity index (χ1v) is 6.20. The van der Waals surface area contributed by atoms with E-state index in [1.807, 2.05) is 19.3 Å². The number of hydrogen-bond donors (Lipinski definition) is 1. The van der Waals surface area contributed by atoms with Crippen LogP contribution in [0.5, 0.6) is 0 Å². The van der Waals surface area contributed by atoms with E-state index in [1.165, 1.54) is 5.56 Å². The largest absolute Gasteiger partial charge is 0.356 e. The zero-order valence-corrected chi connectivity index (χ0v) is 11.1. The Kier molecular flexibility index (Phi) is 5.70. The van der Waals surface area contributed by atoms with Gasteiger partial charge in [0.25, 0.3) is 0 Å². The number of hydrogen-bond acceptors (Lipinski definition) is 3. The molecule has 0 aliphatic heterocycles. The third kappa shape index (κ3) is 4.19. The molecule has 0 aliphatic rings. The smallest absolute Gasteiger partial charge is 0.128 e. The lowest BCUT2D eigenvalue weighted by molar-refractivity contribution is 0.570. The van der Waals surface area contributed by atoms with Crippen molar-refractivity contribution in [2.45, 2.75) is 26.3 Å². The normalized spacial score (nSPS) is 12.2. The molecular formula is C14H23N3. The third-order valence-electron chi connectivity index (χ3n) is 2.76. The van der Waals surface area contributed by atoms with Crippen molar-refractivity contribution < 1.29 is 0 Å². The minimum atomic E-state index is 0.369. The van der Waals surface area contributed by atoms with Gasteiger partial charge in [0.1, 0.15) is 5.82 Å². The number of anilines is 1. The number of nitrogens with one attached hydrogen (secondary N) is 1. The second kappa shape index (κ2) is 7.07. The molecule has 1 heterocycles. The number of rotatable bonds is 7. The topological polar surface area (TPSA) is 28.2 Å². The Morgan fingerprint density at radius 1 is 1.59 bits per heavy atom. The first-order valence-electron chi connectivity index (χ1n) is 6.20. The van der Waals surface area contributed by atoms with Crippen LogP contribution < -0.4 is 10.2 Å². The maximum Gasteiger partial charge on any atom is 0.128 e. The molecule has 17 heavy (non-hydrogen) atoms. The Morgan fingerprint density at radius 3 is 3.00 bits per heavy atom. The maximum absolute atomic E-state index is 4.37. The van der Waals surface area contributed by atoms with Crippen LogP contribution in [0, 0.1) is 0 Å². The Labute approximate surface area is 105 Å². The van der Waals surface area contributed by atoms with E-state index in [1.54, 1.807) is 0 Å². The van der Waals surface area contributed by atoms with E-state index in [-0.39, 0.29) is 0 Å². The van der Waals surface area contributed by atoms with E-state index in [0.717, 1.165) is 25.3 Å². The molecule has 0 amide bonds. The van der Waals surface area contributed by atoms with E-state index in [0.29, 0.717) is 6.04 Å². The Balaban J connectivity index is 2.74. The van der Waals surface area contributed by atoms with Crippen molar-refractivity contribution in [1.29, 1.82) is 0 Å². The summed E-state index contributed by atoms with van der Waals surface area (Å²) in [6.07, 6.45) is 4.90. The van der Waals surface area contributed by atoms with E-state index in [2.05, 4.69) is 47.8 Å². The molecule has 1 N–H and O–H groups in total. The summed E-state index contributed by atoms with van der Waals surface area (Å²) in [6.45, 7) is 9.96. The van der Waals surface area contributed by atoms with Crippen molar-refractivity contribution in [3.05, 3.63) is 36.5 Å². The summed E-state index contributed by atoms with van der Waals surface area (Å²) in [7, 11) is 2.03. The predicted octanol–water partition coefficient (Wildman–Crippen LogP) is 2.76. The van der Waals surface area contributed by atoms with Crippen LogP contribution in [-0.4, -0.2) is 25.1 Å². The van der Waals surface area contributed by atoms with Gasteiger partial charge in [0.2, 0.25) is 0 Å². The van der Waals surface area contributed by atoms with Crippen LogP contribution in [-0.2, 0) is 0 Å². The molecule has 94 valence electrons. The molecule has 1 atom stereocenters. The molecular weight excluding hydrogens is 210 g/mol. The van der Waals surface area contributed by atoms with Crippen LogP contribution in [0.25, 0.3) is 0 Å². The zero-order valence-electron chi connectivity index (χ0n) is 11.1. The second-order valence-corrected chi connectivity index (χ2v) is 4.29. The minimum Gasteiger partial charge on any atom is -0.356 e. The molecule has 3 nitrogen and oxygen atoms in total. The summed E-state index contributed by atoms with van der Waals surface area (Å²) < 4.78 is 0. The van der Waals surface area contributed by atoms with Gasteiger partial charge in [0, 0.05) is 25.8 Å². The van der Waals surface area contributed by atoms with Crippen molar-refractivity contribution in [1.82, 2.24) is 10.3 Å². The Hall–Kier alpha value is -1.35. The molecule has 0 saturated heterocycles. The summed E-state index contributed by atoms with van der Waals surface area (Å²) in [6, 6.07) is 4.57. The van der Waals surface area contributed by atoms with Gasteiger partial charge in [0.15, 0.2) is 0 Å². The third-order valence-corrected chi connectivity index (χ3v) is 2.76. The maximum atomic E-state index is 4.37. The first kappa shape index (κ1) is 13.7. The molecule has 0 saturated carbocycles. The highest BCUT2D eigenvalue weighted by Crippen LogP contribution is 2.17. The van der Waals surface area contributed by atoms with E-state index in [4.69, 9.17) is 0 Å². The monoisotopic (exact) mass is 233 g/mol. The zero-order chi connectivity index (χ0) is 12.7. The summed E-state index contributed by atoms with van der Waals surface area (Å²) in [5.41, 5.74) is 1.28. The van der Waals surface area contributed by atoms with Crippen molar-refractivity contribution in [2.75, 3.05) is 25.0 Å². The summed E-state index contributed by atoms with van der Waals surface area (Å²) in [5, 5.41) is 3.48. The predicted molar refractivity (Wildman–Crippen MR) is 74.4 cm³/mol. The molecule has 0 radical (unpaired) electrons. The van der Waals surface area contributed by atoms with Crippen LogP contribution in [0.1, 0.15) is 31.9 Å². The van der Waals surface area contributed by atoms with Crippen molar-refractivity contribution in [2.24, 2.45) is 0 Å². The van der Waals surface area contributed by atoms with Gasteiger partial charge in [-0.3, -0.25) is 0 Å². The standard InChI is InChI=1S/C14H23N3/c1-5-8-15-12(3)13-7-9-16-14(11-13)17(4)10-6-2/h6-7,9,11-12,15H,2,5,8,10H2,1,3-4H3. The quantitative estimate of drug-likeness (QED) is 0.734. The lowest BCUT2D eigenvalue weighted by Crippen LogP contribution is -2.21. The Morgan fingerprint density at radius 2 is 2.35 bits per heavy atom. The molecule has 1 aromatic heterocycles. The van der Waals surface area contributed by atoms with Gasteiger partial charge in [-0.2, -0.15) is 0 Å². The highest BCUT2D eigenvalue weighted by Gasteiger charge is 2.07. The molecule has 1 rings (SSSR count). The van der Waals surface area contributed by atoms with Crippen LogP contribution >= 0.6 is 0 Å². The van der Waals surface area contributed by atoms with E-state index >= 15 is 0 Å². The lowest BCUT2D eigenvalue weighted by atomic mass is 10.1. The van der Waals surface area contributed by atoms with Gasteiger partial charge < -0.3 is 10.2 Å². The minimum absolute atomic E-state index is 0.369. The number of likely N-dealkylation sites (N-methyl/N-ethyl adjacent to an activating group) is 1. The molecule has 1 aromatic rings. The fourth-order valence-electron chi connectivity index (χ4n) is 1.68. The first-order chi connectivity index (χ1) is 8.19. The Bertz CT molecular complexity index is 349. The summed E-state index contributed by atoms with van der Waals surface area (Å²) >= 11 is 0. The van der Waals surface area contributed by atoms with Crippen molar-refractivity contribution in [3.63, 3.8) is 0 Å². The summed E-state index contributed by atoms with van der Waals surface area (Å²) in [5.74, 6) is 0.993. The summed E-state index contributed by atoms with van der Waals surface area (Å²) in [4.78, 5) is 6.46. The van der Waals surface area contributed by atoms with Crippen LogP contribution in [0.2, 0.25) is 0 Å². The fraction of sp³-hybridized carbons (Fsp3) is 0.500. The highest BCUT2D eigenvalue weighted by molar-refractivity contribution is 5.41. The lowest BCUT2D eigenvalue weighted by Gasteiger charge is -2.19. The molecule has 0 spiro atoms. The van der Waals surface area contributed by atoms with Gasteiger partial charge in [0.05, 0.1) is 0 Å². The average Bonchev–Trinajstić information content (AvgIpc) is 2.36. The van der Waals surface area contributed by atoms with Crippen LogP contribution in [0.15, 0.2) is 31.0 Å². The van der Waals surface area contributed by atoms with Crippen molar-refractivity contribution >= 4 is 5.82 Å². The molecule has 0 bridgehead atoms. The molecule has 0 aromatic carbocycles. The van der Waals surface area contributed by atoms with Gasteiger partial charge in [-0.25, -0.2) is 4.98 Å². The fourth-order valence-corrected chi connectivity index (χ4v) is 1.68. The molecule has 3 heteroatoms. The van der Waals surface area contributed by atoms with Gasteiger partial charge in [-0.15, -0.1) is 6.58 Å². The number of aromatic nitrogens is 1. The molecule has 0 aliphatic carbocycles. The molecule has 0 fully saturated rings. The number of nitrogens with zero attached hydrogens (tertiary/aromatic N) is 2. The second-order valence-electron chi connectivity index (χ2n) is 4.29. The highest BCUT2D eigenvalue weighted by atomic mass is 15.2. The van der Waals surface area contributed by atoms with E-state index in [9.17, 15) is 0 Å². The van der Waals surface area contributed by atoms with Crippen molar-refractivity contribution in [3.8, 4) is 0 Å².